The zero-order valence-corrected chi connectivity index (χ0v) is 13.0. The number of hydrogen-bond donors (Lipinski definition) is 2. The number of nitrogens with one attached hydrogen (secondary N) is 2. The highest BCUT2D eigenvalue weighted by atomic mass is 16.5. The predicted molar refractivity (Wildman–Crippen MR) is 83.6 cm³/mol. The van der Waals surface area contributed by atoms with Crippen LogP contribution in [-0.2, 0) is 9.59 Å². The Balaban J connectivity index is 1.72. The van der Waals surface area contributed by atoms with Crippen molar-refractivity contribution in [3.8, 4) is 5.75 Å². The van der Waals surface area contributed by atoms with Gasteiger partial charge in [0.15, 0.2) is 6.61 Å². The summed E-state index contributed by atoms with van der Waals surface area (Å²) in [5.74, 6) is 0.274. The van der Waals surface area contributed by atoms with E-state index in [4.69, 9.17) is 4.74 Å². The standard InChI is InChI=1S/C16H23N3O3/c1-12-13(2)19(9-8-17-12)16(21)10-18-15(20)11-22-14-6-4-3-5-7-14/h3-7,12-13,17H,8-11H2,1-2H3,(H,18,20). The highest BCUT2D eigenvalue weighted by Crippen LogP contribution is 2.09. The number of amides is 2. The van der Waals surface area contributed by atoms with E-state index in [0.29, 0.717) is 12.3 Å². The van der Waals surface area contributed by atoms with Crippen molar-refractivity contribution in [1.29, 1.82) is 0 Å². The number of rotatable bonds is 5. The molecule has 2 amide bonds. The van der Waals surface area contributed by atoms with Gasteiger partial charge in [-0.15, -0.1) is 0 Å². The van der Waals surface area contributed by atoms with Crippen LogP contribution in [0.3, 0.4) is 0 Å². The van der Waals surface area contributed by atoms with E-state index in [1.165, 1.54) is 0 Å². The highest BCUT2D eigenvalue weighted by molar-refractivity contribution is 5.85. The van der Waals surface area contributed by atoms with Gasteiger partial charge in [0, 0.05) is 25.2 Å². The number of ether oxygens (including phenoxy) is 1. The number of carbonyl (C=O) groups excluding carboxylic acids is 2. The molecule has 2 unspecified atom stereocenters. The Hall–Kier alpha value is -2.08. The van der Waals surface area contributed by atoms with Crippen LogP contribution in [0.2, 0.25) is 0 Å². The van der Waals surface area contributed by atoms with Crippen molar-refractivity contribution in [2.24, 2.45) is 0 Å². The van der Waals surface area contributed by atoms with E-state index >= 15 is 0 Å². The van der Waals surface area contributed by atoms with Crippen molar-refractivity contribution in [3.05, 3.63) is 30.3 Å². The fourth-order valence-electron chi connectivity index (χ4n) is 2.40. The normalized spacial score (nSPS) is 21.3. The van der Waals surface area contributed by atoms with Gasteiger partial charge in [0.25, 0.3) is 5.91 Å². The van der Waals surface area contributed by atoms with Crippen molar-refractivity contribution >= 4 is 11.8 Å². The molecular weight excluding hydrogens is 282 g/mol. The van der Waals surface area contributed by atoms with Gasteiger partial charge < -0.3 is 20.3 Å². The Morgan fingerprint density at radius 2 is 2.05 bits per heavy atom. The number of benzene rings is 1. The molecule has 1 aliphatic heterocycles. The second-order valence-electron chi connectivity index (χ2n) is 5.45. The van der Waals surface area contributed by atoms with Gasteiger partial charge in [0.2, 0.25) is 5.91 Å². The first-order chi connectivity index (χ1) is 10.6. The summed E-state index contributed by atoms with van der Waals surface area (Å²) in [5.41, 5.74) is 0. The molecule has 1 aliphatic rings. The molecule has 1 aromatic carbocycles. The van der Waals surface area contributed by atoms with Crippen molar-refractivity contribution in [2.45, 2.75) is 25.9 Å². The van der Waals surface area contributed by atoms with E-state index in [9.17, 15) is 9.59 Å². The Morgan fingerprint density at radius 1 is 1.32 bits per heavy atom. The minimum Gasteiger partial charge on any atom is -0.484 e. The first kappa shape index (κ1) is 16.3. The van der Waals surface area contributed by atoms with Crippen molar-refractivity contribution in [1.82, 2.24) is 15.5 Å². The van der Waals surface area contributed by atoms with E-state index in [1.807, 2.05) is 25.1 Å². The van der Waals surface area contributed by atoms with E-state index in [2.05, 4.69) is 17.6 Å². The number of nitrogens with zero attached hydrogens (tertiary/aromatic N) is 1. The van der Waals surface area contributed by atoms with Crippen LogP contribution in [0.25, 0.3) is 0 Å². The van der Waals surface area contributed by atoms with Crippen LogP contribution in [0, 0.1) is 0 Å². The molecule has 120 valence electrons. The Morgan fingerprint density at radius 3 is 2.77 bits per heavy atom. The van der Waals surface area contributed by atoms with E-state index in [1.54, 1.807) is 17.0 Å². The van der Waals surface area contributed by atoms with Gasteiger partial charge in [0.1, 0.15) is 5.75 Å². The molecule has 0 aromatic heterocycles. The lowest BCUT2D eigenvalue weighted by atomic mass is 10.1. The van der Waals surface area contributed by atoms with Gasteiger partial charge >= 0.3 is 0 Å². The average Bonchev–Trinajstić information content (AvgIpc) is 2.54. The van der Waals surface area contributed by atoms with Crippen molar-refractivity contribution in [2.75, 3.05) is 26.2 Å². The quantitative estimate of drug-likeness (QED) is 0.825. The molecule has 6 heteroatoms. The summed E-state index contributed by atoms with van der Waals surface area (Å²) < 4.78 is 5.34. The predicted octanol–water partition coefficient (Wildman–Crippen LogP) is 0.390. The van der Waals surface area contributed by atoms with E-state index < -0.39 is 0 Å². The molecule has 0 aliphatic carbocycles. The smallest absolute Gasteiger partial charge is 0.258 e. The summed E-state index contributed by atoms with van der Waals surface area (Å²) in [6.07, 6.45) is 0. The number of hydrogen-bond acceptors (Lipinski definition) is 4. The number of carbonyl (C=O) groups is 2. The monoisotopic (exact) mass is 305 g/mol. The van der Waals surface area contributed by atoms with Gasteiger partial charge in [-0.25, -0.2) is 0 Å². The first-order valence-corrected chi connectivity index (χ1v) is 7.55. The first-order valence-electron chi connectivity index (χ1n) is 7.55. The summed E-state index contributed by atoms with van der Waals surface area (Å²) >= 11 is 0. The van der Waals surface area contributed by atoms with Crippen LogP contribution in [-0.4, -0.2) is 55.0 Å². The molecule has 0 spiro atoms. The largest absolute Gasteiger partial charge is 0.484 e. The van der Waals surface area contributed by atoms with Gasteiger partial charge in [-0.05, 0) is 26.0 Å². The SMILES string of the molecule is CC1NCCN(C(=O)CNC(=O)COc2ccccc2)C1C. The Bertz CT molecular complexity index is 507. The summed E-state index contributed by atoms with van der Waals surface area (Å²) in [7, 11) is 0. The molecule has 1 aromatic rings. The molecule has 1 fully saturated rings. The molecule has 0 radical (unpaired) electrons. The molecule has 1 saturated heterocycles. The van der Waals surface area contributed by atoms with Crippen LogP contribution >= 0.6 is 0 Å². The van der Waals surface area contributed by atoms with Crippen LogP contribution in [0.4, 0.5) is 0 Å². The lowest BCUT2D eigenvalue weighted by Gasteiger charge is -2.38. The topological polar surface area (TPSA) is 70.7 Å². The summed E-state index contributed by atoms with van der Waals surface area (Å²) in [6.45, 7) is 5.42. The summed E-state index contributed by atoms with van der Waals surface area (Å²) in [5, 5.41) is 5.93. The number of para-hydroxylation sites is 1. The Kier molecular flexibility index (Phi) is 5.77. The van der Waals surface area contributed by atoms with Gasteiger partial charge in [-0.1, -0.05) is 18.2 Å². The molecule has 6 nitrogen and oxygen atoms in total. The molecule has 2 N–H and O–H groups in total. The second kappa shape index (κ2) is 7.79. The Labute approximate surface area is 130 Å². The third-order valence-electron chi connectivity index (χ3n) is 3.90. The van der Waals surface area contributed by atoms with Crippen LogP contribution in [0.5, 0.6) is 5.75 Å². The van der Waals surface area contributed by atoms with Gasteiger partial charge in [-0.3, -0.25) is 9.59 Å². The maximum Gasteiger partial charge on any atom is 0.258 e. The lowest BCUT2D eigenvalue weighted by molar-refractivity contribution is -0.136. The minimum absolute atomic E-state index is 0.00798. The molecular formula is C16H23N3O3. The molecule has 0 bridgehead atoms. The lowest BCUT2D eigenvalue weighted by Crippen LogP contribution is -2.58. The molecule has 2 atom stereocenters. The fraction of sp³-hybridized carbons (Fsp3) is 0.500. The average molecular weight is 305 g/mol. The third-order valence-corrected chi connectivity index (χ3v) is 3.90. The zero-order chi connectivity index (χ0) is 15.9. The summed E-state index contributed by atoms with van der Waals surface area (Å²) in [4.78, 5) is 25.7. The second-order valence-corrected chi connectivity index (χ2v) is 5.45. The van der Waals surface area contributed by atoms with E-state index in [-0.39, 0.29) is 37.0 Å². The maximum atomic E-state index is 12.2. The summed E-state index contributed by atoms with van der Waals surface area (Å²) in [6, 6.07) is 9.49. The van der Waals surface area contributed by atoms with Crippen LogP contribution in [0.1, 0.15) is 13.8 Å². The zero-order valence-electron chi connectivity index (χ0n) is 13.0. The minimum atomic E-state index is -0.298. The van der Waals surface area contributed by atoms with Crippen LogP contribution in [0.15, 0.2) is 30.3 Å². The van der Waals surface area contributed by atoms with Gasteiger partial charge in [-0.2, -0.15) is 0 Å². The fourth-order valence-corrected chi connectivity index (χ4v) is 2.40. The van der Waals surface area contributed by atoms with Crippen molar-refractivity contribution < 1.29 is 14.3 Å². The third kappa shape index (κ3) is 4.46. The molecule has 1 heterocycles. The molecule has 2 rings (SSSR count). The van der Waals surface area contributed by atoms with Crippen molar-refractivity contribution in [3.63, 3.8) is 0 Å². The highest BCUT2D eigenvalue weighted by Gasteiger charge is 2.27. The number of piperazine rings is 1. The van der Waals surface area contributed by atoms with Crippen LogP contribution < -0.4 is 15.4 Å². The maximum absolute atomic E-state index is 12.2. The van der Waals surface area contributed by atoms with Gasteiger partial charge in [0.05, 0.1) is 6.54 Å². The van der Waals surface area contributed by atoms with E-state index in [0.717, 1.165) is 6.54 Å². The molecule has 0 saturated carbocycles. The molecule has 22 heavy (non-hydrogen) atoms.